The fourth-order valence-electron chi connectivity index (χ4n) is 1.42. The number of aromatic nitrogens is 1. The molecule has 1 aromatic rings. The molecule has 15 heavy (non-hydrogen) atoms. The maximum absolute atomic E-state index is 11.9. The third kappa shape index (κ3) is 3.39. The summed E-state index contributed by atoms with van der Waals surface area (Å²) in [6, 6.07) is 0. The number of thiazole rings is 1. The largest absolute Gasteiger partial charge is 0.306 e. The Morgan fingerprint density at radius 1 is 1.60 bits per heavy atom. The van der Waals surface area contributed by atoms with Crippen molar-refractivity contribution < 1.29 is 4.79 Å². The molecule has 0 aliphatic rings. The number of aryl methyl sites for hydroxylation is 1. The fraction of sp³-hybridized carbons (Fsp3) is 0.636. The van der Waals surface area contributed by atoms with Crippen LogP contribution in [0.4, 0.5) is 0 Å². The second-order valence-electron chi connectivity index (χ2n) is 4.11. The van der Waals surface area contributed by atoms with Gasteiger partial charge in [-0.3, -0.25) is 4.79 Å². The molecule has 0 unspecified atom stereocenters. The first-order chi connectivity index (χ1) is 6.95. The summed E-state index contributed by atoms with van der Waals surface area (Å²) in [7, 11) is 0. The second-order valence-corrected chi connectivity index (χ2v) is 5.18. The van der Waals surface area contributed by atoms with E-state index in [-0.39, 0.29) is 5.78 Å². The van der Waals surface area contributed by atoms with Crippen molar-refractivity contribution in [2.75, 3.05) is 6.54 Å². The second kappa shape index (κ2) is 4.86. The van der Waals surface area contributed by atoms with E-state index in [1.807, 2.05) is 33.1 Å². The zero-order valence-electron chi connectivity index (χ0n) is 9.76. The molecule has 0 aliphatic heterocycles. The molecule has 0 amide bonds. The molecule has 0 bridgehead atoms. The number of ketones is 1. The van der Waals surface area contributed by atoms with Gasteiger partial charge < -0.3 is 5.32 Å². The van der Waals surface area contributed by atoms with Crippen LogP contribution in [-0.4, -0.2) is 22.9 Å². The van der Waals surface area contributed by atoms with E-state index in [1.54, 1.807) is 11.3 Å². The minimum atomic E-state index is -0.452. The van der Waals surface area contributed by atoms with E-state index in [0.29, 0.717) is 6.42 Å². The maximum Gasteiger partial charge on any atom is 0.158 e. The fourth-order valence-corrected chi connectivity index (χ4v) is 2.03. The number of Topliss-reactive ketones (excluding diaryl/α,β-unsaturated/α-hetero) is 1. The molecule has 1 N–H and O–H groups in total. The van der Waals surface area contributed by atoms with E-state index in [4.69, 9.17) is 0 Å². The number of hydrogen-bond donors (Lipinski definition) is 1. The van der Waals surface area contributed by atoms with E-state index < -0.39 is 5.54 Å². The van der Waals surface area contributed by atoms with E-state index in [1.165, 1.54) is 0 Å². The molecule has 4 heteroatoms. The minimum Gasteiger partial charge on any atom is -0.306 e. The Morgan fingerprint density at radius 3 is 2.73 bits per heavy atom. The molecule has 0 atom stereocenters. The van der Waals surface area contributed by atoms with Crippen molar-refractivity contribution in [2.45, 2.75) is 39.7 Å². The number of rotatable bonds is 5. The van der Waals surface area contributed by atoms with Crippen molar-refractivity contribution in [1.29, 1.82) is 0 Å². The molecule has 0 aliphatic carbocycles. The van der Waals surface area contributed by atoms with E-state index in [9.17, 15) is 4.79 Å². The van der Waals surface area contributed by atoms with Crippen LogP contribution in [0.15, 0.2) is 5.38 Å². The highest BCUT2D eigenvalue weighted by Crippen LogP contribution is 2.12. The molecule has 0 fully saturated rings. The van der Waals surface area contributed by atoms with Gasteiger partial charge in [-0.25, -0.2) is 4.98 Å². The average molecular weight is 226 g/mol. The van der Waals surface area contributed by atoms with Gasteiger partial charge in [-0.1, -0.05) is 6.92 Å². The first-order valence-corrected chi connectivity index (χ1v) is 6.03. The molecule has 84 valence electrons. The number of likely N-dealkylation sites (N-methyl/N-ethyl adjacent to an activating group) is 1. The van der Waals surface area contributed by atoms with Gasteiger partial charge >= 0.3 is 0 Å². The highest BCUT2D eigenvalue weighted by molar-refractivity contribution is 7.09. The molecule has 0 saturated carbocycles. The van der Waals surface area contributed by atoms with Gasteiger partial charge in [0.15, 0.2) is 5.78 Å². The summed E-state index contributed by atoms with van der Waals surface area (Å²) in [5.41, 5.74) is 0.431. The van der Waals surface area contributed by atoms with Gasteiger partial charge in [0.1, 0.15) is 0 Å². The van der Waals surface area contributed by atoms with E-state index >= 15 is 0 Å². The number of hydrogen-bond acceptors (Lipinski definition) is 4. The van der Waals surface area contributed by atoms with Crippen LogP contribution in [0, 0.1) is 6.92 Å². The summed E-state index contributed by atoms with van der Waals surface area (Å²) < 4.78 is 0. The normalized spacial score (nSPS) is 11.7. The van der Waals surface area contributed by atoms with Crippen molar-refractivity contribution >= 4 is 17.1 Å². The predicted molar refractivity (Wildman–Crippen MR) is 63.3 cm³/mol. The number of carbonyl (C=O) groups excluding carboxylic acids is 1. The average Bonchev–Trinajstić information content (AvgIpc) is 2.51. The predicted octanol–water partition coefficient (Wildman–Crippen LogP) is 1.95. The van der Waals surface area contributed by atoms with Crippen LogP contribution in [0.25, 0.3) is 0 Å². The van der Waals surface area contributed by atoms with Crippen LogP contribution >= 0.6 is 11.3 Å². The Balaban J connectivity index is 2.63. The Bertz CT molecular complexity index is 344. The van der Waals surface area contributed by atoms with Crippen LogP contribution in [0.3, 0.4) is 0 Å². The summed E-state index contributed by atoms with van der Waals surface area (Å²) in [6.07, 6.45) is 0.421. The molecular formula is C11H18N2OS. The van der Waals surface area contributed by atoms with Gasteiger partial charge in [0.05, 0.1) is 22.7 Å². The van der Waals surface area contributed by atoms with Gasteiger partial charge in [0.2, 0.25) is 0 Å². The molecule has 1 aromatic heterocycles. The third-order valence-electron chi connectivity index (χ3n) is 2.32. The Kier molecular flexibility index (Phi) is 3.99. The lowest BCUT2D eigenvalue weighted by Gasteiger charge is -2.23. The Hall–Kier alpha value is -0.740. The highest BCUT2D eigenvalue weighted by atomic mass is 32.1. The summed E-state index contributed by atoms with van der Waals surface area (Å²) in [5, 5.41) is 6.14. The molecule has 1 rings (SSSR count). The number of nitrogens with one attached hydrogen (secondary N) is 1. The summed E-state index contributed by atoms with van der Waals surface area (Å²) in [4.78, 5) is 16.2. The smallest absolute Gasteiger partial charge is 0.158 e. The third-order valence-corrected chi connectivity index (χ3v) is 3.15. The minimum absolute atomic E-state index is 0.189. The van der Waals surface area contributed by atoms with Crippen molar-refractivity contribution in [2.24, 2.45) is 0 Å². The SMILES string of the molecule is CCNC(C)(C)C(=O)Cc1csc(C)n1. The number of nitrogens with zero attached hydrogens (tertiary/aromatic N) is 1. The molecule has 0 aromatic carbocycles. The van der Waals surface area contributed by atoms with Gasteiger partial charge in [0.25, 0.3) is 0 Å². The monoisotopic (exact) mass is 226 g/mol. The molecular weight excluding hydrogens is 208 g/mol. The van der Waals surface area contributed by atoms with E-state index in [0.717, 1.165) is 17.2 Å². The standard InChI is InChI=1S/C11H18N2OS/c1-5-12-11(3,4)10(14)6-9-7-15-8(2)13-9/h7,12H,5-6H2,1-4H3. The van der Waals surface area contributed by atoms with Crippen LogP contribution in [0.2, 0.25) is 0 Å². The topological polar surface area (TPSA) is 42.0 Å². The Morgan fingerprint density at radius 2 is 2.27 bits per heavy atom. The highest BCUT2D eigenvalue weighted by Gasteiger charge is 2.26. The summed E-state index contributed by atoms with van der Waals surface area (Å²) in [5.74, 6) is 0.189. The molecule has 0 saturated heterocycles. The van der Waals surface area contributed by atoms with Crippen molar-refractivity contribution in [1.82, 2.24) is 10.3 Å². The first-order valence-electron chi connectivity index (χ1n) is 5.15. The lowest BCUT2D eigenvalue weighted by atomic mass is 9.96. The lowest BCUT2D eigenvalue weighted by molar-refractivity contribution is -0.123. The molecule has 3 nitrogen and oxygen atoms in total. The van der Waals surface area contributed by atoms with Crippen molar-refractivity contribution in [3.8, 4) is 0 Å². The van der Waals surface area contributed by atoms with Gasteiger partial charge in [-0.2, -0.15) is 0 Å². The summed E-state index contributed by atoms with van der Waals surface area (Å²) in [6.45, 7) is 8.58. The van der Waals surface area contributed by atoms with Crippen LogP contribution in [0.1, 0.15) is 31.5 Å². The quantitative estimate of drug-likeness (QED) is 0.834. The van der Waals surface area contributed by atoms with Crippen LogP contribution in [0.5, 0.6) is 0 Å². The number of carbonyl (C=O) groups is 1. The Labute approximate surface area is 94.9 Å². The van der Waals surface area contributed by atoms with Crippen LogP contribution < -0.4 is 5.32 Å². The van der Waals surface area contributed by atoms with Gasteiger partial charge in [-0.05, 0) is 27.3 Å². The maximum atomic E-state index is 11.9. The van der Waals surface area contributed by atoms with Gasteiger partial charge in [-0.15, -0.1) is 11.3 Å². The van der Waals surface area contributed by atoms with Crippen molar-refractivity contribution in [3.63, 3.8) is 0 Å². The van der Waals surface area contributed by atoms with Gasteiger partial charge in [0, 0.05) is 5.38 Å². The van der Waals surface area contributed by atoms with E-state index in [2.05, 4.69) is 10.3 Å². The van der Waals surface area contributed by atoms with Crippen molar-refractivity contribution in [3.05, 3.63) is 16.1 Å². The molecule has 0 spiro atoms. The zero-order chi connectivity index (χ0) is 11.5. The molecule has 1 heterocycles. The molecule has 0 radical (unpaired) electrons. The van der Waals surface area contributed by atoms with Crippen LogP contribution in [-0.2, 0) is 11.2 Å². The first kappa shape index (κ1) is 12.3. The summed E-state index contributed by atoms with van der Waals surface area (Å²) >= 11 is 1.59. The zero-order valence-corrected chi connectivity index (χ0v) is 10.6. The lowest BCUT2D eigenvalue weighted by Crippen LogP contribution is -2.47.